The van der Waals surface area contributed by atoms with E-state index in [1.165, 1.54) is 14.0 Å². The highest BCUT2D eigenvalue weighted by Crippen LogP contribution is 2.39. The average molecular weight is 590 g/mol. The molecular formula is C31H59NO9. The van der Waals surface area contributed by atoms with Gasteiger partial charge in [0.15, 0.2) is 6.29 Å². The van der Waals surface area contributed by atoms with E-state index in [-0.39, 0.29) is 24.2 Å². The van der Waals surface area contributed by atoms with Gasteiger partial charge in [0.2, 0.25) is 0 Å². The second-order valence-electron chi connectivity index (χ2n) is 13.8. The topological polar surface area (TPSA) is 138 Å². The number of aliphatic hydroxyl groups excluding tert-OH is 2. The number of hydrogen-bond acceptors (Lipinski definition) is 10. The molecule has 2 aliphatic heterocycles. The minimum atomic E-state index is -1.71. The van der Waals surface area contributed by atoms with Crippen LogP contribution in [-0.4, -0.2) is 112 Å². The van der Waals surface area contributed by atoms with Crippen LogP contribution < -0.4 is 0 Å². The zero-order valence-corrected chi connectivity index (χ0v) is 27.5. The molecule has 2 fully saturated rings. The van der Waals surface area contributed by atoms with Crippen LogP contribution in [0.25, 0.3) is 0 Å². The van der Waals surface area contributed by atoms with Gasteiger partial charge in [-0.15, -0.1) is 0 Å². The van der Waals surface area contributed by atoms with Crippen LogP contribution in [-0.2, 0) is 23.7 Å². The molecule has 41 heavy (non-hydrogen) atoms. The van der Waals surface area contributed by atoms with Crippen molar-refractivity contribution in [2.45, 2.75) is 148 Å². The van der Waals surface area contributed by atoms with Gasteiger partial charge < -0.3 is 44.3 Å². The number of carbonyl (C=O) groups excluding carboxylic acids is 1. The number of likely N-dealkylation sites (N-methyl/N-ethyl adjacent to an activating group) is 1. The molecule has 0 aliphatic carbocycles. The lowest BCUT2D eigenvalue weighted by Crippen LogP contribution is -2.59. The first-order chi connectivity index (χ1) is 18.7. The minimum Gasteiger partial charge on any atom is -0.459 e. The Bertz CT molecular complexity index is 853. The maximum Gasteiger partial charge on any atom is 0.311 e. The minimum absolute atomic E-state index is 0.0671. The lowest BCUT2D eigenvalue weighted by molar-refractivity contribution is -0.298. The van der Waals surface area contributed by atoms with E-state index in [1.54, 1.807) is 27.7 Å². The fraction of sp³-hybridized carbons (Fsp3) is 0.968. The molecule has 0 amide bonds. The zero-order valence-electron chi connectivity index (χ0n) is 27.5. The van der Waals surface area contributed by atoms with Crippen LogP contribution in [0.2, 0.25) is 0 Å². The maximum absolute atomic E-state index is 13.7. The van der Waals surface area contributed by atoms with E-state index in [4.69, 9.17) is 18.9 Å². The van der Waals surface area contributed by atoms with Gasteiger partial charge >= 0.3 is 5.97 Å². The van der Waals surface area contributed by atoms with E-state index in [0.29, 0.717) is 19.4 Å². The predicted octanol–water partition coefficient (Wildman–Crippen LogP) is 2.73. The summed E-state index contributed by atoms with van der Waals surface area (Å²) in [6.45, 7) is 18.8. The summed E-state index contributed by atoms with van der Waals surface area (Å²) in [5, 5.41) is 45.1. The molecule has 2 aliphatic rings. The molecule has 0 saturated carbocycles. The molecule has 10 nitrogen and oxygen atoms in total. The monoisotopic (exact) mass is 589 g/mol. The van der Waals surface area contributed by atoms with E-state index in [9.17, 15) is 25.2 Å². The highest BCUT2D eigenvalue weighted by Gasteiger charge is 2.50. The van der Waals surface area contributed by atoms with Gasteiger partial charge in [-0.1, -0.05) is 27.7 Å². The van der Waals surface area contributed by atoms with Gasteiger partial charge in [-0.05, 0) is 79.2 Å². The quantitative estimate of drug-likeness (QED) is 0.362. The molecule has 14 atom stereocenters. The Morgan fingerprint density at radius 1 is 1.00 bits per heavy atom. The normalized spacial score (nSPS) is 50.0. The standard InChI is InChI=1S/C31H59NO9/c1-13-23-31(10,37)26(33)21(6)32(11)16-17(2)14-29(8,36)20(5)18(3)25(19(4)28(35)40-23)41-24-15-30(9,38-12)27(34)22(7)39-24/h17-27,33-34,36-37H,13-16H2,1-12H3/t17-,18-,19-,20-,21-,22+,23-,24-,25+,26-,27+,29-,30-,31?/m1/s1. The third kappa shape index (κ3) is 8.01. The van der Waals surface area contributed by atoms with Crippen LogP contribution in [0, 0.1) is 23.7 Å². The number of cyclic esters (lactones) is 1. The summed E-state index contributed by atoms with van der Waals surface area (Å²) in [6, 6.07) is -0.434. The highest BCUT2D eigenvalue weighted by molar-refractivity contribution is 5.73. The van der Waals surface area contributed by atoms with E-state index >= 15 is 0 Å². The third-order valence-corrected chi connectivity index (χ3v) is 10.3. The van der Waals surface area contributed by atoms with Crippen molar-refractivity contribution in [1.29, 1.82) is 0 Å². The van der Waals surface area contributed by atoms with E-state index in [1.807, 2.05) is 39.6 Å². The summed E-state index contributed by atoms with van der Waals surface area (Å²) in [4.78, 5) is 15.7. The molecule has 0 radical (unpaired) electrons. The summed E-state index contributed by atoms with van der Waals surface area (Å²) < 4.78 is 24.1. The number of nitrogens with zero attached hydrogens (tertiary/aromatic N) is 1. The molecule has 10 heteroatoms. The van der Waals surface area contributed by atoms with E-state index in [0.717, 1.165) is 0 Å². The van der Waals surface area contributed by atoms with Crippen molar-refractivity contribution < 1.29 is 44.2 Å². The molecule has 0 bridgehead atoms. The number of ether oxygens (including phenoxy) is 4. The summed E-state index contributed by atoms with van der Waals surface area (Å²) in [5.74, 6) is -1.90. The number of rotatable bonds is 4. The Kier molecular flexibility index (Phi) is 12.3. The summed E-state index contributed by atoms with van der Waals surface area (Å²) in [7, 11) is 3.42. The average Bonchev–Trinajstić information content (AvgIpc) is 2.89. The molecule has 0 spiro atoms. The zero-order chi connectivity index (χ0) is 31.7. The molecule has 2 heterocycles. The lowest BCUT2D eigenvalue weighted by atomic mass is 9.72. The Labute approximate surface area is 247 Å². The van der Waals surface area contributed by atoms with Crippen molar-refractivity contribution in [2.24, 2.45) is 23.7 Å². The Morgan fingerprint density at radius 2 is 1.59 bits per heavy atom. The largest absolute Gasteiger partial charge is 0.459 e. The van der Waals surface area contributed by atoms with Gasteiger partial charge in [-0.2, -0.15) is 0 Å². The Balaban J connectivity index is 2.53. The van der Waals surface area contributed by atoms with Gasteiger partial charge in [0.25, 0.3) is 0 Å². The molecule has 242 valence electrons. The van der Waals surface area contributed by atoms with Crippen molar-refractivity contribution in [3.63, 3.8) is 0 Å². The van der Waals surface area contributed by atoms with Gasteiger partial charge in [-0.3, -0.25) is 4.79 Å². The van der Waals surface area contributed by atoms with E-state index < -0.39 is 71.5 Å². The molecule has 4 N–H and O–H groups in total. The first kappa shape index (κ1) is 36.3. The van der Waals surface area contributed by atoms with Gasteiger partial charge in [0, 0.05) is 26.1 Å². The summed E-state index contributed by atoms with van der Waals surface area (Å²) in [5.41, 5.74) is -3.71. The number of carbonyl (C=O) groups is 1. The summed E-state index contributed by atoms with van der Waals surface area (Å²) in [6.07, 6.45) is -4.07. The number of methoxy groups -OCH3 is 1. The van der Waals surface area contributed by atoms with Gasteiger partial charge in [0.1, 0.15) is 23.9 Å². The van der Waals surface area contributed by atoms with Crippen LogP contribution in [0.15, 0.2) is 0 Å². The number of aliphatic hydroxyl groups is 4. The molecule has 2 rings (SSSR count). The number of hydrogen-bond donors (Lipinski definition) is 4. The molecule has 1 unspecified atom stereocenters. The predicted molar refractivity (Wildman–Crippen MR) is 156 cm³/mol. The molecule has 0 aromatic carbocycles. The summed E-state index contributed by atoms with van der Waals surface area (Å²) >= 11 is 0. The van der Waals surface area contributed by atoms with Crippen LogP contribution >= 0.6 is 0 Å². The van der Waals surface area contributed by atoms with E-state index in [2.05, 4.69) is 6.92 Å². The van der Waals surface area contributed by atoms with Crippen LogP contribution in [0.4, 0.5) is 0 Å². The SMILES string of the molecule is CC[C@H]1OC(=O)[C@H](C)[C@@H](O[C@@H]2C[C@@](C)(OC)[C@@H](O)[C@H](C)O2)[C@H](C)[C@@H](C)[C@](C)(O)C[C@@H](C)CN(C)[C@H](C)[C@@H](O)C1(C)O. The first-order valence-corrected chi connectivity index (χ1v) is 15.3. The molecule has 0 aromatic heterocycles. The Hall–Kier alpha value is -0.850. The van der Waals surface area contributed by atoms with Crippen molar-refractivity contribution in [2.75, 3.05) is 20.7 Å². The van der Waals surface area contributed by atoms with Crippen molar-refractivity contribution >= 4 is 5.97 Å². The molecule has 2 saturated heterocycles. The fourth-order valence-electron chi connectivity index (χ4n) is 6.85. The fourth-order valence-corrected chi connectivity index (χ4v) is 6.85. The third-order valence-electron chi connectivity index (χ3n) is 10.3. The maximum atomic E-state index is 13.7. The first-order valence-electron chi connectivity index (χ1n) is 15.3. The van der Waals surface area contributed by atoms with Crippen molar-refractivity contribution in [3.8, 4) is 0 Å². The molecular weight excluding hydrogens is 530 g/mol. The smallest absolute Gasteiger partial charge is 0.311 e. The second-order valence-corrected chi connectivity index (χ2v) is 13.8. The number of esters is 1. The van der Waals surface area contributed by atoms with Crippen LogP contribution in [0.5, 0.6) is 0 Å². The lowest BCUT2D eigenvalue weighted by Gasteiger charge is -2.47. The van der Waals surface area contributed by atoms with Gasteiger partial charge in [-0.25, -0.2) is 0 Å². The van der Waals surface area contributed by atoms with Crippen molar-refractivity contribution in [1.82, 2.24) is 4.90 Å². The van der Waals surface area contributed by atoms with Crippen LogP contribution in [0.1, 0.15) is 88.5 Å². The van der Waals surface area contributed by atoms with Crippen LogP contribution in [0.3, 0.4) is 0 Å². The van der Waals surface area contributed by atoms with Gasteiger partial charge in [0.05, 0.1) is 29.3 Å². The van der Waals surface area contributed by atoms with Crippen molar-refractivity contribution in [3.05, 3.63) is 0 Å². The molecule has 0 aromatic rings. The Morgan fingerprint density at radius 3 is 2.12 bits per heavy atom. The second kappa shape index (κ2) is 13.8. The highest BCUT2D eigenvalue weighted by atomic mass is 16.7.